The minimum atomic E-state index is 0.589. The second-order valence-corrected chi connectivity index (χ2v) is 5.96. The first-order chi connectivity index (χ1) is 9.45. The van der Waals surface area contributed by atoms with E-state index < -0.39 is 0 Å². The van der Waals surface area contributed by atoms with Crippen LogP contribution in [0.2, 0.25) is 0 Å². The summed E-state index contributed by atoms with van der Waals surface area (Å²) >= 11 is 0. The zero-order chi connectivity index (χ0) is 15.1. The Morgan fingerprint density at radius 2 is 2.05 bits per heavy atom. The Hall–Kier alpha value is -1.09. The topological polar surface area (TPSA) is 29.9 Å². The summed E-state index contributed by atoms with van der Waals surface area (Å²) < 4.78 is 1.99. The third-order valence-electron chi connectivity index (χ3n) is 4.00. The molecule has 1 aromatic rings. The van der Waals surface area contributed by atoms with Gasteiger partial charge in [-0.25, -0.2) is 0 Å². The van der Waals surface area contributed by atoms with Crippen molar-refractivity contribution in [3.8, 4) is 0 Å². The summed E-state index contributed by atoms with van der Waals surface area (Å²) in [6, 6.07) is 0.589. The molecule has 0 aliphatic carbocycles. The molecule has 0 saturated heterocycles. The Morgan fingerprint density at radius 1 is 1.35 bits per heavy atom. The van der Waals surface area contributed by atoms with Crippen LogP contribution in [-0.4, -0.2) is 22.4 Å². The second kappa shape index (κ2) is 8.25. The van der Waals surface area contributed by atoms with Gasteiger partial charge in [0.1, 0.15) is 0 Å². The van der Waals surface area contributed by atoms with E-state index in [4.69, 9.17) is 0 Å². The molecule has 0 fully saturated rings. The highest BCUT2D eigenvalue weighted by Crippen LogP contribution is 2.17. The summed E-state index contributed by atoms with van der Waals surface area (Å²) in [6.45, 7) is 13.7. The van der Waals surface area contributed by atoms with Gasteiger partial charge in [-0.05, 0) is 65.0 Å². The van der Waals surface area contributed by atoms with Crippen LogP contribution in [0.3, 0.4) is 0 Å². The number of aryl methyl sites for hydroxylation is 2. The van der Waals surface area contributed by atoms with Crippen LogP contribution in [0.5, 0.6) is 0 Å². The first kappa shape index (κ1) is 17.0. The minimum Gasteiger partial charge on any atom is -0.314 e. The third kappa shape index (κ3) is 5.12. The number of rotatable bonds is 9. The van der Waals surface area contributed by atoms with Gasteiger partial charge in [0.15, 0.2) is 0 Å². The van der Waals surface area contributed by atoms with Gasteiger partial charge < -0.3 is 5.32 Å². The molecule has 1 aromatic heterocycles. The molecule has 0 bridgehead atoms. The van der Waals surface area contributed by atoms with Crippen molar-refractivity contribution >= 4 is 0 Å². The molecule has 0 radical (unpaired) electrons. The maximum Gasteiger partial charge on any atom is 0.0628 e. The average Bonchev–Trinajstić information content (AvgIpc) is 2.63. The van der Waals surface area contributed by atoms with E-state index in [-0.39, 0.29) is 0 Å². The average molecular weight is 277 g/mol. The van der Waals surface area contributed by atoms with Crippen molar-refractivity contribution in [2.75, 3.05) is 6.54 Å². The summed E-state index contributed by atoms with van der Waals surface area (Å²) in [5.41, 5.74) is 5.18. The Balaban J connectivity index is 2.57. The van der Waals surface area contributed by atoms with Crippen LogP contribution in [0.4, 0.5) is 0 Å². The lowest BCUT2D eigenvalue weighted by atomic mass is 9.99. The van der Waals surface area contributed by atoms with E-state index >= 15 is 0 Å². The largest absolute Gasteiger partial charge is 0.314 e. The summed E-state index contributed by atoms with van der Waals surface area (Å²) in [6.07, 6.45) is 5.79. The Bertz CT molecular complexity index is 432. The van der Waals surface area contributed by atoms with Crippen molar-refractivity contribution in [3.05, 3.63) is 29.1 Å². The molecule has 1 atom stereocenters. The SMILES string of the molecule is C=C(C)CCC(CCc1c(C)nn(C)c1C)NCCC. The van der Waals surface area contributed by atoms with E-state index in [9.17, 15) is 0 Å². The number of hydrogen-bond acceptors (Lipinski definition) is 2. The van der Waals surface area contributed by atoms with Crippen LogP contribution in [0.25, 0.3) is 0 Å². The van der Waals surface area contributed by atoms with E-state index in [1.54, 1.807) is 0 Å². The molecule has 3 nitrogen and oxygen atoms in total. The molecule has 114 valence electrons. The lowest BCUT2D eigenvalue weighted by Gasteiger charge is -2.18. The van der Waals surface area contributed by atoms with E-state index in [0.717, 1.165) is 19.4 Å². The molecule has 0 aromatic carbocycles. The van der Waals surface area contributed by atoms with Crippen LogP contribution in [0.1, 0.15) is 56.5 Å². The van der Waals surface area contributed by atoms with Crippen molar-refractivity contribution in [3.63, 3.8) is 0 Å². The van der Waals surface area contributed by atoms with Gasteiger partial charge in [-0.1, -0.05) is 12.5 Å². The van der Waals surface area contributed by atoms with Crippen molar-refractivity contribution in [1.29, 1.82) is 0 Å². The highest BCUT2D eigenvalue weighted by molar-refractivity contribution is 5.24. The molecule has 1 N–H and O–H groups in total. The fraction of sp³-hybridized carbons (Fsp3) is 0.706. The van der Waals surface area contributed by atoms with Crippen molar-refractivity contribution < 1.29 is 0 Å². The molecule has 0 amide bonds. The van der Waals surface area contributed by atoms with Crippen molar-refractivity contribution in [2.24, 2.45) is 7.05 Å². The molecule has 20 heavy (non-hydrogen) atoms. The normalized spacial score (nSPS) is 12.7. The maximum absolute atomic E-state index is 4.51. The lowest BCUT2D eigenvalue weighted by molar-refractivity contribution is 0.452. The maximum atomic E-state index is 4.51. The summed E-state index contributed by atoms with van der Waals surface area (Å²) in [5.74, 6) is 0. The molecule has 0 aliphatic rings. The molecule has 0 aliphatic heterocycles. The highest BCUT2D eigenvalue weighted by Gasteiger charge is 2.13. The van der Waals surface area contributed by atoms with Crippen LogP contribution in [0.15, 0.2) is 12.2 Å². The first-order valence-corrected chi connectivity index (χ1v) is 7.82. The van der Waals surface area contributed by atoms with Crippen LogP contribution in [0, 0.1) is 13.8 Å². The predicted octanol–water partition coefficient (Wildman–Crippen LogP) is 3.69. The van der Waals surface area contributed by atoms with Gasteiger partial charge in [0.2, 0.25) is 0 Å². The number of allylic oxidation sites excluding steroid dienone is 1. The molecular formula is C17H31N3. The molecule has 0 spiro atoms. The van der Waals surface area contributed by atoms with E-state index in [2.05, 4.69) is 44.7 Å². The van der Waals surface area contributed by atoms with Crippen molar-refractivity contribution in [1.82, 2.24) is 15.1 Å². The molecule has 1 rings (SSSR count). The summed E-state index contributed by atoms with van der Waals surface area (Å²) in [7, 11) is 2.03. The van der Waals surface area contributed by atoms with Gasteiger partial charge >= 0.3 is 0 Å². The number of hydrogen-bond donors (Lipinski definition) is 1. The van der Waals surface area contributed by atoms with Gasteiger partial charge in [-0.3, -0.25) is 4.68 Å². The van der Waals surface area contributed by atoms with Crippen LogP contribution in [-0.2, 0) is 13.5 Å². The zero-order valence-electron chi connectivity index (χ0n) is 13.9. The number of aromatic nitrogens is 2. The summed E-state index contributed by atoms with van der Waals surface area (Å²) in [4.78, 5) is 0. The lowest BCUT2D eigenvalue weighted by Crippen LogP contribution is -2.30. The second-order valence-electron chi connectivity index (χ2n) is 5.96. The van der Waals surface area contributed by atoms with E-state index in [1.807, 2.05) is 11.7 Å². The Morgan fingerprint density at radius 3 is 2.55 bits per heavy atom. The van der Waals surface area contributed by atoms with Crippen LogP contribution < -0.4 is 5.32 Å². The fourth-order valence-electron chi connectivity index (χ4n) is 2.62. The first-order valence-electron chi connectivity index (χ1n) is 7.82. The van der Waals surface area contributed by atoms with Crippen molar-refractivity contribution in [2.45, 2.75) is 65.8 Å². The summed E-state index contributed by atoms with van der Waals surface area (Å²) in [5, 5.41) is 8.18. The van der Waals surface area contributed by atoms with Gasteiger partial charge in [-0.15, -0.1) is 6.58 Å². The fourth-order valence-corrected chi connectivity index (χ4v) is 2.62. The standard InChI is InChI=1S/C17H31N3/c1-7-12-18-16(9-8-13(2)3)10-11-17-14(4)19-20(6)15(17)5/h16,18H,2,7-12H2,1,3-6H3. The van der Waals surface area contributed by atoms with Gasteiger partial charge in [-0.2, -0.15) is 5.10 Å². The quantitative estimate of drug-likeness (QED) is 0.698. The zero-order valence-corrected chi connectivity index (χ0v) is 13.9. The number of nitrogens with zero attached hydrogens (tertiary/aromatic N) is 2. The monoisotopic (exact) mass is 277 g/mol. The molecular weight excluding hydrogens is 246 g/mol. The third-order valence-corrected chi connectivity index (χ3v) is 4.00. The highest BCUT2D eigenvalue weighted by atomic mass is 15.3. The minimum absolute atomic E-state index is 0.589. The molecule has 1 heterocycles. The molecule has 1 unspecified atom stereocenters. The van der Waals surface area contributed by atoms with Gasteiger partial charge in [0, 0.05) is 18.8 Å². The number of nitrogens with one attached hydrogen (secondary N) is 1. The van der Waals surface area contributed by atoms with Gasteiger partial charge in [0.05, 0.1) is 5.69 Å². The van der Waals surface area contributed by atoms with E-state index in [1.165, 1.54) is 41.8 Å². The Kier molecular flexibility index (Phi) is 7.00. The molecule has 0 saturated carbocycles. The molecule has 3 heteroatoms. The van der Waals surface area contributed by atoms with E-state index in [0.29, 0.717) is 6.04 Å². The Labute approximate surface area is 124 Å². The van der Waals surface area contributed by atoms with Crippen LogP contribution >= 0.6 is 0 Å². The van der Waals surface area contributed by atoms with Gasteiger partial charge in [0.25, 0.3) is 0 Å². The smallest absolute Gasteiger partial charge is 0.0628 e. The predicted molar refractivity (Wildman–Crippen MR) is 87.1 cm³/mol.